The Labute approximate surface area is 232 Å². The highest BCUT2D eigenvalue weighted by atomic mass is 19.1. The zero-order chi connectivity index (χ0) is 28.8. The van der Waals surface area contributed by atoms with Gasteiger partial charge < -0.3 is 14.5 Å². The highest BCUT2D eigenvalue weighted by Crippen LogP contribution is 2.35. The second-order valence-electron chi connectivity index (χ2n) is 12.1. The molecule has 0 spiro atoms. The number of rotatable bonds is 4. The van der Waals surface area contributed by atoms with Gasteiger partial charge in [0, 0.05) is 64.0 Å². The fourth-order valence-corrected chi connectivity index (χ4v) is 5.95. The Morgan fingerprint density at radius 1 is 1.12 bits per heavy atom. The molecule has 0 radical (unpaired) electrons. The van der Waals surface area contributed by atoms with Gasteiger partial charge >= 0.3 is 6.09 Å². The van der Waals surface area contributed by atoms with Crippen molar-refractivity contribution in [2.24, 2.45) is 13.0 Å². The van der Waals surface area contributed by atoms with E-state index in [1.165, 1.54) is 9.58 Å². The third-order valence-electron chi connectivity index (χ3n) is 8.06. The van der Waals surface area contributed by atoms with Gasteiger partial charge in [0.1, 0.15) is 17.3 Å². The van der Waals surface area contributed by atoms with Gasteiger partial charge in [-0.1, -0.05) is 0 Å². The van der Waals surface area contributed by atoms with Crippen LogP contribution in [0.15, 0.2) is 12.1 Å². The third kappa shape index (κ3) is 5.77. The van der Waals surface area contributed by atoms with Crippen LogP contribution in [-0.2, 0) is 21.4 Å². The Bertz CT molecular complexity index is 1300. The number of anilines is 1. The largest absolute Gasteiger partial charge is 0.444 e. The summed E-state index contributed by atoms with van der Waals surface area (Å²) in [5.74, 6) is -1.85. The Morgan fingerprint density at radius 2 is 1.85 bits per heavy atom. The topological polar surface area (TPSA) is 100 Å². The van der Waals surface area contributed by atoms with Gasteiger partial charge in [0.15, 0.2) is 5.82 Å². The van der Waals surface area contributed by atoms with E-state index in [1.807, 2.05) is 4.90 Å². The Kier molecular flexibility index (Phi) is 7.73. The summed E-state index contributed by atoms with van der Waals surface area (Å²) in [6.45, 7) is 9.01. The number of piperazine rings is 1. The fraction of sp³-hybridized carbons (Fsp3) is 0.643. The van der Waals surface area contributed by atoms with E-state index in [0.29, 0.717) is 74.4 Å². The molecule has 10 nitrogen and oxygen atoms in total. The van der Waals surface area contributed by atoms with Crippen LogP contribution in [0.3, 0.4) is 0 Å². The van der Waals surface area contributed by atoms with E-state index in [2.05, 4.69) is 15.3 Å². The molecule has 1 aromatic carbocycles. The van der Waals surface area contributed by atoms with Crippen molar-refractivity contribution in [2.45, 2.75) is 57.7 Å². The van der Waals surface area contributed by atoms with Gasteiger partial charge in [0.05, 0.1) is 23.8 Å². The molecule has 0 saturated carbocycles. The van der Waals surface area contributed by atoms with Crippen molar-refractivity contribution >= 4 is 34.5 Å². The molecule has 218 valence electrons. The lowest BCUT2D eigenvalue weighted by molar-refractivity contribution is -0.134. The van der Waals surface area contributed by atoms with E-state index in [0.717, 1.165) is 0 Å². The zero-order valence-electron chi connectivity index (χ0n) is 23.6. The zero-order valence-corrected chi connectivity index (χ0v) is 23.6. The summed E-state index contributed by atoms with van der Waals surface area (Å²) >= 11 is 0. The van der Waals surface area contributed by atoms with E-state index in [4.69, 9.17) is 4.74 Å². The quantitative estimate of drug-likeness (QED) is 0.574. The maximum atomic E-state index is 15.8. The van der Waals surface area contributed by atoms with Crippen LogP contribution in [0.1, 0.15) is 51.6 Å². The molecule has 2 aromatic rings. The minimum atomic E-state index is -1.12. The maximum absolute atomic E-state index is 15.8. The van der Waals surface area contributed by atoms with E-state index in [-0.39, 0.29) is 24.8 Å². The number of halogens is 2. The van der Waals surface area contributed by atoms with Crippen LogP contribution in [-0.4, -0.2) is 95.1 Å². The normalized spacial score (nSPS) is 24.9. The molecule has 5 rings (SSSR count). The second-order valence-corrected chi connectivity index (χ2v) is 12.1. The number of carbonyl (C=O) groups is 3. The number of likely N-dealkylation sites (tertiary alicyclic amines) is 1. The van der Waals surface area contributed by atoms with E-state index in [9.17, 15) is 14.4 Å². The molecule has 1 aromatic heterocycles. The third-order valence-corrected chi connectivity index (χ3v) is 8.06. The highest BCUT2D eigenvalue weighted by molar-refractivity contribution is 6.02. The van der Waals surface area contributed by atoms with Crippen LogP contribution in [0.4, 0.5) is 19.3 Å². The lowest BCUT2D eigenvalue weighted by Crippen LogP contribution is -2.52. The maximum Gasteiger partial charge on any atom is 0.410 e. The van der Waals surface area contributed by atoms with Crippen molar-refractivity contribution in [1.29, 1.82) is 0 Å². The molecule has 3 aliphatic rings. The summed E-state index contributed by atoms with van der Waals surface area (Å²) in [4.78, 5) is 41.9. The molecule has 12 heteroatoms. The van der Waals surface area contributed by atoms with Gasteiger partial charge in [0.2, 0.25) is 11.8 Å². The molecular formula is C28H38F2N6O4. The van der Waals surface area contributed by atoms with Crippen molar-refractivity contribution < 1.29 is 27.9 Å². The van der Waals surface area contributed by atoms with E-state index in [1.54, 1.807) is 40.0 Å². The number of piperidine rings is 2. The van der Waals surface area contributed by atoms with Gasteiger partial charge in [-0.2, -0.15) is 5.10 Å². The molecule has 3 aliphatic heterocycles. The van der Waals surface area contributed by atoms with Gasteiger partial charge in [-0.25, -0.2) is 13.6 Å². The second kappa shape index (κ2) is 10.9. The number of benzene rings is 1. The average molecular weight is 561 g/mol. The Balaban J connectivity index is 1.20. The number of fused-ring (bicyclic) bond motifs is 1. The molecule has 3 fully saturated rings. The van der Waals surface area contributed by atoms with Crippen LogP contribution in [0.25, 0.3) is 10.9 Å². The monoisotopic (exact) mass is 560 g/mol. The van der Waals surface area contributed by atoms with Crippen molar-refractivity contribution in [1.82, 2.24) is 24.9 Å². The number of aryl methyl sites for hydroxylation is 1. The van der Waals surface area contributed by atoms with Crippen molar-refractivity contribution in [3.8, 4) is 0 Å². The SMILES string of the molecule is Cn1nc(C2CCC(=O)NC2=O)c2ccc(N3CCN(C[C@H]4CCN(C(=O)OC(C)(C)C)C[C@H]4F)CC3)c(F)c21. The number of aromatic nitrogens is 2. The highest BCUT2D eigenvalue weighted by Gasteiger charge is 2.36. The molecular weight excluding hydrogens is 522 g/mol. The van der Waals surface area contributed by atoms with Crippen LogP contribution >= 0.6 is 0 Å². The van der Waals surface area contributed by atoms with Crippen molar-refractivity contribution in [3.63, 3.8) is 0 Å². The molecule has 4 heterocycles. The number of hydrogen-bond acceptors (Lipinski definition) is 7. The standard InChI is InChI=1S/C28H38F2N6O4/c1-28(2,3)40-27(39)36-10-9-17(20(29)16-36)15-34-11-13-35(14-12-34)21-7-5-18-24(32-33(4)25(18)23(21)30)19-6-8-22(37)31-26(19)38/h5,7,17,19-20H,6,8-16H2,1-4H3,(H,31,37,38)/t17-,19?,20-/m1/s1. The fourth-order valence-electron chi connectivity index (χ4n) is 5.95. The number of imide groups is 1. The van der Waals surface area contributed by atoms with E-state index >= 15 is 8.78 Å². The number of alkyl halides is 1. The van der Waals surface area contributed by atoms with Gasteiger partial charge in [-0.3, -0.25) is 24.5 Å². The lowest BCUT2D eigenvalue weighted by Gasteiger charge is -2.41. The van der Waals surface area contributed by atoms with Gasteiger partial charge in [-0.15, -0.1) is 0 Å². The predicted molar refractivity (Wildman–Crippen MR) is 145 cm³/mol. The number of nitrogens with zero attached hydrogens (tertiary/aromatic N) is 5. The van der Waals surface area contributed by atoms with Gasteiger partial charge in [-0.05, 0) is 45.7 Å². The predicted octanol–water partition coefficient (Wildman–Crippen LogP) is 2.95. The molecule has 3 saturated heterocycles. The van der Waals surface area contributed by atoms with E-state index < -0.39 is 35.5 Å². The lowest BCUT2D eigenvalue weighted by atomic mass is 9.92. The molecule has 0 aliphatic carbocycles. The number of hydrogen-bond donors (Lipinski definition) is 1. The summed E-state index contributed by atoms with van der Waals surface area (Å²) < 4.78 is 37.7. The molecule has 1 unspecified atom stereocenters. The van der Waals surface area contributed by atoms with Gasteiger partial charge in [0.25, 0.3) is 0 Å². The number of amides is 3. The first-order valence-electron chi connectivity index (χ1n) is 14.0. The van der Waals surface area contributed by atoms with Crippen LogP contribution in [0, 0.1) is 11.7 Å². The number of carbonyl (C=O) groups excluding carboxylic acids is 3. The minimum Gasteiger partial charge on any atom is -0.444 e. The van der Waals surface area contributed by atoms with Crippen LogP contribution in [0.2, 0.25) is 0 Å². The summed E-state index contributed by atoms with van der Waals surface area (Å²) in [6, 6.07) is 3.53. The molecule has 1 N–H and O–H groups in total. The Hall–Kier alpha value is -3.28. The number of ether oxygens (including phenoxy) is 1. The molecule has 40 heavy (non-hydrogen) atoms. The minimum absolute atomic E-state index is 0.0380. The summed E-state index contributed by atoms with van der Waals surface area (Å²) in [7, 11) is 1.66. The summed E-state index contributed by atoms with van der Waals surface area (Å²) in [5.41, 5.74) is 0.669. The summed E-state index contributed by atoms with van der Waals surface area (Å²) in [6.07, 6.45) is -0.448. The average Bonchev–Trinajstić information content (AvgIpc) is 3.21. The first-order chi connectivity index (χ1) is 18.9. The van der Waals surface area contributed by atoms with Crippen molar-refractivity contribution in [3.05, 3.63) is 23.6 Å². The Morgan fingerprint density at radius 3 is 2.50 bits per heavy atom. The van der Waals surface area contributed by atoms with Crippen LogP contribution < -0.4 is 10.2 Å². The first-order valence-corrected chi connectivity index (χ1v) is 14.0. The van der Waals surface area contributed by atoms with Crippen LogP contribution in [0.5, 0.6) is 0 Å². The smallest absolute Gasteiger partial charge is 0.410 e. The number of nitrogens with one attached hydrogen (secondary N) is 1. The van der Waals surface area contributed by atoms with Crippen molar-refractivity contribution in [2.75, 3.05) is 50.7 Å². The first kappa shape index (κ1) is 28.3. The molecule has 0 bridgehead atoms. The summed E-state index contributed by atoms with van der Waals surface area (Å²) in [5, 5.41) is 7.39. The molecule has 3 amide bonds. The molecule has 3 atom stereocenters.